The molecule has 3 N–H and O–H groups in total. The molecule has 0 aromatic heterocycles. The van der Waals surface area contributed by atoms with Gasteiger partial charge in [0.15, 0.2) is 0 Å². The van der Waals surface area contributed by atoms with E-state index in [1.54, 1.807) is 0 Å². The molecule has 0 radical (unpaired) electrons. The summed E-state index contributed by atoms with van der Waals surface area (Å²) in [7, 11) is 0. The Balaban J connectivity index is 0. The van der Waals surface area contributed by atoms with Crippen LogP contribution in [-0.2, 0) is 9.53 Å². The van der Waals surface area contributed by atoms with Gasteiger partial charge in [-0.1, -0.05) is 39.2 Å². The molecule has 0 aliphatic carbocycles. The molecular weight excluding hydrogens is 260 g/mol. The molecule has 0 fully saturated rings. The smallest absolute Gasteiger partial charge is 0.331 e. The van der Waals surface area contributed by atoms with E-state index >= 15 is 0 Å². The quantitative estimate of drug-likeness (QED) is 0.402. The molecule has 0 amide bonds. The van der Waals surface area contributed by atoms with E-state index in [0.717, 1.165) is 25.7 Å². The van der Waals surface area contributed by atoms with Gasteiger partial charge in [-0.3, -0.25) is 0 Å². The molecular formula is C15H30O5. The fourth-order valence-corrected chi connectivity index (χ4v) is 1.52. The van der Waals surface area contributed by atoms with E-state index in [2.05, 4.69) is 11.7 Å². The molecule has 0 unspecified atom stereocenters. The minimum Gasteiger partial charge on any atom is -0.478 e. The summed E-state index contributed by atoms with van der Waals surface area (Å²) >= 11 is 0. The van der Waals surface area contributed by atoms with Crippen LogP contribution in [0, 0.1) is 0 Å². The molecule has 0 heterocycles. The lowest BCUT2D eigenvalue weighted by atomic mass is 10.1. The number of rotatable bonds is 11. The molecule has 5 nitrogen and oxygen atoms in total. The van der Waals surface area contributed by atoms with Gasteiger partial charge in [-0.15, -0.1) is 0 Å². The second kappa shape index (κ2) is 18.1. The van der Waals surface area contributed by atoms with Crippen LogP contribution in [0.1, 0.15) is 52.4 Å². The number of carbonyl (C=O) groups is 1. The minimum absolute atomic E-state index is 0.0278. The molecule has 0 atom stereocenters. The van der Waals surface area contributed by atoms with Gasteiger partial charge in [0.05, 0.1) is 26.4 Å². The molecule has 0 aromatic carbocycles. The number of carboxylic acid groups (broad SMARTS) is 1. The zero-order valence-electron chi connectivity index (χ0n) is 12.8. The van der Waals surface area contributed by atoms with Crippen molar-refractivity contribution in [2.45, 2.75) is 52.4 Å². The Hall–Kier alpha value is -0.910. The summed E-state index contributed by atoms with van der Waals surface area (Å²) in [4.78, 5) is 10.7. The summed E-state index contributed by atoms with van der Waals surface area (Å²) in [5, 5.41) is 25.0. The Morgan fingerprint density at radius 2 is 1.65 bits per heavy atom. The largest absolute Gasteiger partial charge is 0.478 e. The summed E-state index contributed by atoms with van der Waals surface area (Å²) < 4.78 is 4.63. The standard InChI is InChI=1S/C11H20O2.C4H10O3/c1-3-5-6-7-9-10(8-4-2)11(12)13;5-1-3-7-4-2-6/h8H,3-7,9H2,1-2H3,(H,12,13);5-6H,1-4H2. The SMILES string of the molecule is CCC=C(CCCCCC)C(=O)O.OCCOCCO. The van der Waals surface area contributed by atoms with Gasteiger partial charge in [0.25, 0.3) is 0 Å². The normalized spacial score (nSPS) is 10.9. The van der Waals surface area contributed by atoms with Crippen molar-refractivity contribution in [2.75, 3.05) is 26.4 Å². The number of aliphatic carboxylic acids is 1. The third kappa shape index (κ3) is 17.1. The summed E-state index contributed by atoms with van der Waals surface area (Å²) in [6, 6.07) is 0. The average Bonchev–Trinajstić information content (AvgIpc) is 2.43. The second-order valence-corrected chi connectivity index (χ2v) is 4.31. The average molecular weight is 290 g/mol. The number of hydrogen-bond acceptors (Lipinski definition) is 4. The first-order valence-electron chi connectivity index (χ1n) is 7.35. The highest BCUT2D eigenvalue weighted by molar-refractivity contribution is 5.86. The van der Waals surface area contributed by atoms with E-state index in [0.29, 0.717) is 18.8 Å². The summed E-state index contributed by atoms with van der Waals surface area (Å²) in [5.74, 6) is -0.752. The summed E-state index contributed by atoms with van der Waals surface area (Å²) in [6.45, 7) is 4.82. The first-order chi connectivity index (χ1) is 9.63. The molecule has 0 aliphatic rings. The second-order valence-electron chi connectivity index (χ2n) is 4.31. The van der Waals surface area contributed by atoms with Gasteiger partial charge in [0.2, 0.25) is 0 Å². The van der Waals surface area contributed by atoms with Crippen molar-refractivity contribution in [3.63, 3.8) is 0 Å². The van der Waals surface area contributed by atoms with Crippen LogP contribution in [0.2, 0.25) is 0 Å². The topological polar surface area (TPSA) is 87.0 Å². The van der Waals surface area contributed by atoms with Crippen LogP contribution in [0.25, 0.3) is 0 Å². The van der Waals surface area contributed by atoms with Gasteiger partial charge in [0, 0.05) is 5.57 Å². The zero-order chi connectivity index (χ0) is 15.6. The lowest BCUT2D eigenvalue weighted by Gasteiger charge is -2.01. The van der Waals surface area contributed by atoms with E-state index in [4.69, 9.17) is 15.3 Å². The van der Waals surface area contributed by atoms with Crippen LogP contribution in [0.15, 0.2) is 11.6 Å². The number of ether oxygens (including phenoxy) is 1. The van der Waals surface area contributed by atoms with Crippen molar-refractivity contribution in [3.05, 3.63) is 11.6 Å². The summed E-state index contributed by atoms with van der Waals surface area (Å²) in [6.07, 6.45) is 7.91. The molecule has 0 aromatic rings. The molecule has 0 rings (SSSR count). The lowest BCUT2D eigenvalue weighted by Crippen LogP contribution is -2.03. The van der Waals surface area contributed by atoms with Crippen molar-refractivity contribution in [3.8, 4) is 0 Å². The highest BCUT2D eigenvalue weighted by Gasteiger charge is 2.04. The highest BCUT2D eigenvalue weighted by Crippen LogP contribution is 2.10. The molecule has 5 heteroatoms. The predicted molar refractivity (Wildman–Crippen MR) is 79.8 cm³/mol. The lowest BCUT2D eigenvalue weighted by molar-refractivity contribution is -0.132. The molecule has 0 saturated heterocycles. The number of carboxylic acids is 1. The van der Waals surface area contributed by atoms with E-state index in [9.17, 15) is 4.79 Å². The van der Waals surface area contributed by atoms with E-state index in [-0.39, 0.29) is 13.2 Å². The Morgan fingerprint density at radius 3 is 2.05 bits per heavy atom. The number of aliphatic hydroxyl groups is 2. The van der Waals surface area contributed by atoms with Crippen LogP contribution in [0.4, 0.5) is 0 Å². The van der Waals surface area contributed by atoms with Crippen molar-refractivity contribution < 1.29 is 24.9 Å². The van der Waals surface area contributed by atoms with Crippen molar-refractivity contribution in [1.29, 1.82) is 0 Å². The van der Waals surface area contributed by atoms with E-state index in [1.165, 1.54) is 12.8 Å². The fraction of sp³-hybridized carbons (Fsp3) is 0.800. The van der Waals surface area contributed by atoms with Crippen molar-refractivity contribution >= 4 is 5.97 Å². The van der Waals surface area contributed by atoms with Crippen LogP contribution >= 0.6 is 0 Å². The third-order valence-corrected chi connectivity index (χ3v) is 2.50. The minimum atomic E-state index is -0.752. The van der Waals surface area contributed by atoms with E-state index < -0.39 is 5.97 Å². The van der Waals surface area contributed by atoms with Gasteiger partial charge in [0.1, 0.15) is 0 Å². The van der Waals surface area contributed by atoms with Gasteiger partial charge >= 0.3 is 5.97 Å². The zero-order valence-corrected chi connectivity index (χ0v) is 12.8. The Bertz CT molecular complexity index is 234. The number of hydrogen-bond donors (Lipinski definition) is 3. The van der Waals surface area contributed by atoms with Crippen LogP contribution in [-0.4, -0.2) is 47.7 Å². The molecule has 0 saturated carbocycles. The third-order valence-electron chi connectivity index (χ3n) is 2.50. The fourth-order valence-electron chi connectivity index (χ4n) is 1.52. The maximum Gasteiger partial charge on any atom is 0.331 e. The van der Waals surface area contributed by atoms with Crippen molar-refractivity contribution in [2.24, 2.45) is 0 Å². The first-order valence-corrected chi connectivity index (χ1v) is 7.35. The van der Waals surface area contributed by atoms with Crippen molar-refractivity contribution in [1.82, 2.24) is 0 Å². The Morgan fingerprint density at radius 1 is 1.05 bits per heavy atom. The Kier molecular flexibility index (Phi) is 19.3. The number of aliphatic hydroxyl groups excluding tert-OH is 2. The molecule has 120 valence electrons. The predicted octanol–water partition coefficient (Wildman–Crippen LogP) is 2.37. The molecule has 0 bridgehead atoms. The molecule has 0 spiro atoms. The van der Waals surface area contributed by atoms with Gasteiger partial charge < -0.3 is 20.1 Å². The monoisotopic (exact) mass is 290 g/mol. The number of unbranched alkanes of at least 4 members (excludes halogenated alkanes) is 3. The van der Waals surface area contributed by atoms with Crippen LogP contribution in [0.5, 0.6) is 0 Å². The maximum absolute atomic E-state index is 10.7. The molecule has 20 heavy (non-hydrogen) atoms. The van der Waals surface area contributed by atoms with E-state index in [1.807, 2.05) is 13.0 Å². The van der Waals surface area contributed by atoms with Gasteiger partial charge in [-0.05, 0) is 19.3 Å². The van der Waals surface area contributed by atoms with Gasteiger partial charge in [-0.25, -0.2) is 4.79 Å². The maximum atomic E-state index is 10.7. The molecule has 0 aliphatic heterocycles. The Labute approximate surface area is 122 Å². The number of allylic oxidation sites excluding steroid dienone is 1. The van der Waals surface area contributed by atoms with Crippen LogP contribution < -0.4 is 0 Å². The van der Waals surface area contributed by atoms with Crippen LogP contribution in [0.3, 0.4) is 0 Å². The first kappa shape index (κ1) is 21.4. The highest BCUT2D eigenvalue weighted by atomic mass is 16.5. The van der Waals surface area contributed by atoms with Gasteiger partial charge in [-0.2, -0.15) is 0 Å². The summed E-state index contributed by atoms with van der Waals surface area (Å²) in [5.41, 5.74) is 0.582.